The first-order valence-corrected chi connectivity index (χ1v) is 6.84. The van der Waals surface area contributed by atoms with E-state index in [1.165, 1.54) is 0 Å². The number of nitrogens with zero attached hydrogens (tertiary/aromatic N) is 3. The van der Waals surface area contributed by atoms with Gasteiger partial charge in [0.2, 0.25) is 0 Å². The van der Waals surface area contributed by atoms with Crippen molar-refractivity contribution in [3.05, 3.63) is 33.1 Å². The minimum absolute atomic E-state index is 0.242. The predicted molar refractivity (Wildman–Crippen MR) is 73.2 cm³/mol. The molecule has 2 aromatic rings. The lowest BCUT2D eigenvalue weighted by Gasteiger charge is -2.24. The topological polar surface area (TPSA) is 50.7 Å². The van der Waals surface area contributed by atoms with Crippen LogP contribution in [0.3, 0.4) is 0 Å². The van der Waals surface area contributed by atoms with Crippen LogP contribution in [0.15, 0.2) is 22.2 Å². The molecule has 0 saturated carbocycles. The number of rotatable bonds is 3. The highest BCUT2D eigenvalue weighted by atomic mass is 79.9. The molecule has 0 bridgehead atoms. The summed E-state index contributed by atoms with van der Waals surface area (Å²) in [6.07, 6.45) is 1.81. The first kappa shape index (κ1) is 12.4. The van der Waals surface area contributed by atoms with Crippen LogP contribution in [0.2, 0.25) is 0 Å². The lowest BCUT2D eigenvalue weighted by Crippen LogP contribution is -2.28. The molecule has 4 nitrogen and oxygen atoms in total. The van der Waals surface area contributed by atoms with Crippen molar-refractivity contribution >= 4 is 33.1 Å². The highest BCUT2D eigenvalue weighted by Crippen LogP contribution is 2.26. The highest BCUT2D eigenvalue weighted by Gasteiger charge is 2.23. The molecule has 2 heterocycles. The third-order valence-corrected chi connectivity index (χ3v) is 3.72. The summed E-state index contributed by atoms with van der Waals surface area (Å²) in [6, 6.07) is 1.86. The standard InChI is InChI=1S/C11H13BrN4S/c1-7-14-8(12)6-9(15-7)16-11(2,3)10-13-4-5-17-10/h4-6H,1-3H3,(H,14,15,16). The van der Waals surface area contributed by atoms with Crippen molar-refractivity contribution in [2.24, 2.45) is 0 Å². The molecule has 90 valence electrons. The van der Waals surface area contributed by atoms with Gasteiger partial charge >= 0.3 is 0 Å². The van der Waals surface area contributed by atoms with Gasteiger partial charge in [-0.1, -0.05) is 0 Å². The number of halogens is 1. The Labute approximate surface area is 113 Å². The Hall–Kier alpha value is -1.01. The average molecular weight is 313 g/mol. The second-order valence-corrected chi connectivity index (χ2v) is 5.92. The second-order valence-electron chi connectivity index (χ2n) is 4.21. The van der Waals surface area contributed by atoms with E-state index in [9.17, 15) is 0 Å². The van der Waals surface area contributed by atoms with Crippen molar-refractivity contribution in [2.45, 2.75) is 26.3 Å². The first-order valence-electron chi connectivity index (χ1n) is 5.17. The summed E-state index contributed by atoms with van der Waals surface area (Å²) in [5, 5.41) is 6.37. The second kappa shape index (κ2) is 4.70. The van der Waals surface area contributed by atoms with Gasteiger partial charge in [-0.15, -0.1) is 11.3 Å². The summed E-state index contributed by atoms with van der Waals surface area (Å²) < 4.78 is 0.780. The first-order chi connectivity index (χ1) is 7.97. The summed E-state index contributed by atoms with van der Waals surface area (Å²) >= 11 is 4.99. The summed E-state index contributed by atoms with van der Waals surface area (Å²) in [5.74, 6) is 1.53. The minimum Gasteiger partial charge on any atom is -0.359 e. The van der Waals surface area contributed by atoms with Gasteiger partial charge in [0.05, 0.1) is 5.54 Å². The van der Waals surface area contributed by atoms with Crippen molar-refractivity contribution in [1.82, 2.24) is 15.0 Å². The van der Waals surface area contributed by atoms with E-state index >= 15 is 0 Å². The van der Waals surface area contributed by atoms with Crippen LogP contribution >= 0.6 is 27.3 Å². The number of aromatic nitrogens is 3. The molecule has 0 aliphatic rings. The maximum absolute atomic E-state index is 4.35. The molecule has 1 N–H and O–H groups in total. The van der Waals surface area contributed by atoms with Crippen molar-refractivity contribution in [3.8, 4) is 0 Å². The van der Waals surface area contributed by atoms with E-state index in [-0.39, 0.29) is 5.54 Å². The molecule has 17 heavy (non-hydrogen) atoms. The highest BCUT2D eigenvalue weighted by molar-refractivity contribution is 9.10. The third-order valence-electron chi connectivity index (χ3n) is 2.21. The Bertz CT molecular complexity index is 490. The van der Waals surface area contributed by atoms with E-state index in [0.717, 1.165) is 21.3 Å². The van der Waals surface area contributed by atoms with Crippen LogP contribution in [0.1, 0.15) is 24.7 Å². The molecule has 0 amide bonds. The Morgan fingerprint density at radius 1 is 1.35 bits per heavy atom. The summed E-state index contributed by atoms with van der Waals surface area (Å²) in [7, 11) is 0. The molecule has 6 heteroatoms. The molecule has 0 aliphatic carbocycles. The quantitative estimate of drug-likeness (QED) is 0.883. The molecule has 0 aliphatic heterocycles. The van der Waals surface area contributed by atoms with Gasteiger partial charge in [-0.25, -0.2) is 15.0 Å². The van der Waals surface area contributed by atoms with E-state index in [2.05, 4.69) is 50.0 Å². The molecule has 0 fully saturated rings. The molecule has 2 aromatic heterocycles. The fraction of sp³-hybridized carbons (Fsp3) is 0.364. The maximum atomic E-state index is 4.35. The minimum atomic E-state index is -0.242. The van der Waals surface area contributed by atoms with Crippen molar-refractivity contribution in [3.63, 3.8) is 0 Å². The lowest BCUT2D eigenvalue weighted by molar-refractivity contribution is 0.600. The van der Waals surface area contributed by atoms with Gasteiger partial charge in [0, 0.05) is 17.6 Å². The Balaban J connectivity index is 2.26. The van der Waals surface area contributed by atoms with E-state index in [4.69, 9.17) is 0 Å². The van der Waals surface area contributed by atoms with E-state index in [1.54, 1.807) is 11.3 Å². The van der Waals surface area contributed by atoms with Crippen molar-refractivity contribution < 1.29 is 0 Å². The van der Waals surface area contributed by atoms with Gasteiger partial charge in [-0.05, 0) is 36.7 Å². The summed E-state index contributed by atoms with van der Waals surface area (Å²) in [4.78, 5) is 12.9. The number of hydrogen-bond donors (Lipinski definition) is 1. The van der Waals surface area contributed by atoms with Crippen LogP contribution < -0.4 is 5.32 Å². The lowest BCUT2D eigenvalue weighted by atomic mass is 10.1. The molecule has 0 spiro atoms. The van der Waals surface area contributed by atoms with Crippen LogP contribution in [-0.2, 0) is 5.54 Å². The number of thiazole rings is 1. The predicted octanol–water partition coefficient (Wildman–Crippen LogP) is 3.35. The zero-order valence-electron chi connectivity index (χ0n) is 9.86. The van der Waals surface area contributed by atoms with Crippen LogP contribution in [0, 0.1) is 6.92 Å². The van der Waals surface area contributed by atoms with Crippen LogP contribution in [0.4, 0.5) is 5.82 Å². The van der Waals surface area contributed by atoms with Crippen molar-refractivity contribution in [1.29, 1.82) is 0 Å². The van der Waals surface area contributed by atoms with Gasteiger partial charge in [0.25, 0.3) is 0 Å². The summed E-state index contributed by atoms with van der Waals surface area (Å²) in [5.41, 5.74) is -0.242. The Kier molecular flexibility index (Phi) is 3.44. The molecular formula is C11H13BrN4S. The van der Waals surface area contributed by atoms with Gasteiger partial charge in [0.1, 0.15) is 21.3 Å². The van der Waals surface area contributed by atoms with Crippen LogP contribution in [0.5, 0.6) is 0 Å². The van der Waals surface area contributed by atoms with Crippen LogP contribution in [-0.4, -0.2) is 15.0 Å². The molecule has 0 saturated heterocycles. The Morgan fingerprint density at radius 3 is 2.71 bits per heavy atom. The number of nitrogens with one attached hydrogen (secondary N) is 1. The third kappa shape index (κ3) is 3.01. The summed E-state index contributed by atoms with van der Waals surface area (Å²) in [6.45, 7) is 6.03. The smallest absolute Gasteiger partial charge is 0.131 e. The average Bonchev–Trinajstić information content (AvgIpc) is 2.67. The molecule has 0 unspecified atom stereocenters. The van der Waals surface area contributed by atoms with E-state index < -0.39 is 0 Å². The zero-order chi connectivity index (χ0) is 12.5. The molecule has 0 aromatic carbocycles. The van der Waals surface area contributed by atoms with E-state index in [0.29, 0.717) is 0 Å². The molecule has 2 rings (SSSR count). The van der Waals surface area contributed by atoms with Gasteiger partial charge in [-0.3, -0.25) is 0 Å². The number of aryl methyl sites for hydroxylation is 1. The molecular weight excluding hydrogens is 300 g/mol. The molecule has 0 atom stereocenters. The largest absolute Gasteiger partial charge is 0.359 e. The van der Waals surface area contributed by atoms with Gasteiger partial charge in [0.15, 0.2) is 0 Å². The zero-order valence-corrected chi connectivity index (χ0v) is 12.3. The number of hydrogen-bond acceptors (Lipinski definition) is 5. The maximum Gasteiger partial charge on any atom is 0.131 e. The normalized spacial score (nSPS) is 11.5. The monoisotopic (exact) mass is 312 g/mol. The Morgan fingerprint density at radius 2 is 2.12 bits per heavy atom. The fourth-order valence-corrected chi connectivity index (χ4v) is 2.69. The number of anilines is 1. The van der Waals surface area contributed by atoms with Crippen LogP contribution in [0.25, 0.3) is 0 Å². The van der Waals surface area contributed by atoms with Crippen molar-refractivity contribution in [2.75, 3.05) is 5.32 Å². The van der Waals surface area contributed by atoms with E-state index in [1.807, 2.05) is 24.6 Å². The molecule has 0 radical (unpaired) electrons. The SMILES string of the molecule is Cc1nc(Br)cc(NC(C)(C)c2nccs2)n1. The van der Waals surface area contributed by atoms with Gasteiger partial charge in [-0.2, -0.15) is 0 Å². The van der Waals surface area contributed by atoms with Gasteiger partial charge < -0.3 is 5.32 Å². The fourth-order valence-electron chi connectivity index (χ4n) is 1.50.